The molecule has 3 fully saturated rings. The van der Waals surface area contributed by atoms with E-state index < -0.39 is 0 Å². The van der Waals surface area contributed by atoms with E-state index >= 15 is 0 Å². The van der Waals surface area contributed by atoms with Gasteiger partial charge in [0, 0.05) is 38.3 Å². The second-order valence-electron chi connectivity index (χ2n) is 7.93. The van der Waals surface area contributed by atoms with E-state index in [4.69, 9.17) is 0 Å². The first kappa shape index (κ1) is 15.6. The minimum atomic E-state index is 0.360. The van der Waals surface area contributed by atoms with Crippen molar-refractivity contribution in [2.24, 2.45) is 17.8 Å². The van der Waals surface area contributed by atoms with Crippen molar-refractivity contribution in [3.8, 4) is 0 Å². The van der Waals surface area contributed by atoms with Gasteiger partial charge in [-0.25, -0.2) is 0 Å². The Labute approximate surface area is 140 Å². The van der Waals surface area contributed by atoms with Crippen LogP contribution in [0, 0.1) is 17.8 Å². The third-order valence-electron chi connectivity index (χ3n) is 6.50. The molecule has 1 saturated heterocycles. The van der Waals surface area contributed by atoms with Gasteiger partial charge < -0.3 is 10.4 Å². The normalized spacial score (nSPS) is 37.3. The van der Waals surface area contributed by atoms with Crippen LogP contribution in [-0.4, -0.2) is 41.8 Å². The van der Waals surface area contributed by atoms with Crippen molar-refractivity contribution in [2.45, 2.75) is 50.7 Å². The van der Waals surface area contributed by atoms with Crippen molar-refractivity contribution >= 4 is 0 Å². The maximum absolute atomic E-state index is 9.56. The van der Waals surface area contributed by atoms with E-state index in [1.807, 2.05) is 0 Å². The molecule has 0 amide bonds. The third kappa shape index (κ3) is 3.33. The zero-order valence-electron chi connectivity index (χ0n) is 14.0. The summed E-state index contributed by atoms with van der Waals surface area (Å²) in [5, 5.41) is 13.5. The predicted octanol–water partition coefficient (Wildman–Crippen LogP) is 2.65. The maximum atomic E-state index is 9.56. The van der Waals surface area contributed by atoms with E-state index in [-0.39, 0.29) is 0 Å². The first-order valence-corrected chi connectivity index (χ1v) is 9.46. The number of benzene rings is 1. The number of rotatable bonds is 5. The summed E-state index contributed by atoms with van der Waals surface area (Å²) in [6.07, 6.45) is 6.46. The molecular weight excluding hydrogens is 284 g/mol. The summed E-state index contributed by atoms with van der Waals surface area (Å²) in [4.78, 5) is 2.65. The van der Waals surface area contributed by atoms with Crippen LogP contribution in [0.2, 0.25) is 0 Å². The monoisotopic (exact) mass is 314 g/mol. The van der Waals surface area contributed by atoms with Crippen LogP contribution in [0.4, 0.5) is 0 Å². The SMILES string of the molecule is OCC1CCCC1NC1CCC2CN(Cc3ccccc3)CC21. The van der Waals surface area contributed by atoms with Crippen LogP contribution in [0.25, 0.3) is 0 Å². The zero-order chi connectivity index (χ0) is 15.6. The molecule has 0 bridgehead atoms. The van der Waals surface area contributed by atoms with Crippen LogP contribution in [-0.2, 0) is 6.54 Å². The fourth-order valence-electron chi connectivity index (χ4n) is 5.29. The van der Waals surface area contributed by atoms with Gasteiger partial charge in [-0.15, -0.1) is 0 Å². The molecular formula is C20H30N2O. The van der Waals surface area contributed by atoms with Crippen molar-refractivity contribution < 1.29 is 5.11 Å². The van der Waals surface area contributed by atoms with E-state index in [0.717, 1.165) is 18.4 Å². The number of hydrogen-bond acceptors (Lipinski definition) is 3. The van der Waals surface area contributed by atoms with Crippen molar-refractivity contribution in [1.82, 2.24) is 10.2 Å². The summed E-state index contributed by atoms with van der Waals surface area (Å²) < 4.78 is 0. The Bertz CT molecular complexity index is 506. The molecule has 2 saturated carbocycles. The lowest BCUT2D eigenvalue weighted by Crippen LogP contribution is -2.44. The van der Waals surface area contributed by atoms with E-state index in [0.29, 0.717) is 24.6 Å². The smallest absolute Gasteiger partial charge is 0.0474 e. The van der Waals surface area contributed by atoms with Gasteiger partial charge in [0.25, 0.3) is 0 Å². The molecule has 1 aliphatic heterocycles. The van der Waals surface area contributed by atoms with Crippen LogP contribution in [0.3, 0.4) is 0 Å². The lowest BCUT2D eigenvalue weighted by molar-refractivity contribution is 0.191. The van der Waals surface area contributed by atoms with Gasteiger partial charge in [0.15, 0.2) is 0 Å². The van der Waals surface area contributed by atoms with Gasteiger partial charge in [-0.05, 0) is 49.0 Å². The Morgan fingerprint density at radius 2 is 1.87 bits per heavy atom. The molecule has 0 aromatic heterocycles. The molecule has 0 spiro atoms. The van der Waals surface area contributed by atoms with Crippen molar-refractivity contribution in [3.05, 3.63) is 35.9 Å². The van der Waals surface area contributed by atoms with Crippen LogP contribution < -0.4 is 5.32 Å². The highest BCUT2D eigenvalue weighted by atomic mass is 16.3. The highest BCUT2D eigenvalue weighted by Gasteiger charge is 2.43. The highest BCUT2D eigenvalue weighted by molar-refractivity contribution is 5.15. The Kier molecular flexibility index (Phi) is 4.70. The van der Waals surface area contributed by atoms with Gasteiger partial charge >= 0.3 is 0 Å². The first-order chi connectivity index (χ1) is 11.3. The summed E-state index contributed by atoms with van der Waals surface area (Å²) >= 11 is 0. The van der Waals surface area contributed by atoms with Gasteiger partial charge in [0.1, 0.15) is 0 Å². The van der Waals surface area contributed by atoms with Gasteiger partial charge in [-0.1, -0.05) is 36.8 Å². The topological polar surface area (TPSA) is 35.5 Å². The number of nitrogens with one attached hydrogen (secondary N) is 1. The molecule has 23 heavy (non-hydrogen) atoms. The summed E-state index contributed by atoms with van der Waals surface area (Å²) in [6.45, 7) is 3.97. The molecule has 5 unspecified atom stereocenters. The molecule has 3 heteroatoms. The molecule has 3 nitrogen and oxygen atoms in total. The molecule has 0 radical (unpaired) electrons. The molecule has 5 atom stereocenters. The standard InChI is InChI=1S/C20H30N2O/c23-14-17-7-4-8-19(17)21-20-10-9-16-12-22(13-18(16)20)11-15-5-2-1-3-6-15/h1-3,5-6,16-21,23H,4,7-14H2. The van der Waals surface area contributed by atoms with Crippen molar-refractivity contribution in [2.75, 3.05) is 19.7 Å². The number of hydrogen-bond donors (Lipinski definition) is 2. The Balaban J connectivity index is 1.34. The van der Waals surface area contributed by atoms with Gasteiger partial charge in [0.2, 0.25) is 0 Å². The molecule has 1 aromatic carbocycles. The quantitative estimate of drug-likeness (QED) is 0.877. The molecule has 2 N–H and O–H groups in total. The number of fused-ring (bicyclic) bond motifs is 1. The fraction of sp³-hybridized carbons (Fsp3) is 0.700. The third-order valence-corrected chi connectivity index (χ3v) is 6.50. The first-order valence-electron chi connectivity index (χ1n) is 9.46. The maximum Gasteiger partial charge on any atom is 0.0474 e. The predicted molar refractivity (Wildman–Crippen MR) is 93.1 cm³/mol. The second-order valence-corrected chi connectivity index (χ2v) is 7.93. The largest absolute Gasteiger partial charge is 0.396 e. The number of likely N-dealkylation sites (tertiary alicyclic amines) is 1. The van der Waals surface area contributed by atoms with Gasteiger partial charge in [0.05, 0.1) is 0 Å². The van der Waals surface area contributed by atoms with E-state index in [1.165, 1.54) is 50.8 Å². The van der Waals surface area contributed by atoms with E-state index in [1.54, 1.807) is 0 Å². The summed E-state index contributed by atoms with van der Waals surface area (Å²) in [5.74, 6) is 2.19. The molecule has 126 valence electrons. The Hall–Kier alpha value is -0.900. The average molecular weight is 314 g/mol. The molecule has 4 rings (SSSR count). The minimum Gasteiger partial charge on any atom is -0.396 e. The van der Waals surface area contributed by atoms with Crippen LogP contribution in [0.15, 0.2) is 30.3 Å². The Morgan fingerprint density at radius 3 is 2.70 bits per heavy atom. The van der Waals surface area contributed by atoms with E-state index in [9.17, 15) is 5.11 Å². The number of aliphatic hydroxyl groups excluding tert-OH is 1. The molecule has 2 aliphatic carbocycles. The fourth-order valence-corrected chi connectivity index (χ4v) is 5.29. The number of nitrogens with zero attached hydrogens (tertiary/aromatic N) is 1. The van der Waals surface area contributed by atoms with Crippen LogP contribution in [0.1, 0.15) is 37.7 Å². The van der Waals surface area contributed by atoms with Gasteiger partial charge in [-0.2, -0.15) is 0 Å². The van der Waals surface area contributed by atoms with Gasteiger partial charge in [-0.3, -0.25) is 4.90 Å². The molecule has 1 aromatic rings. The minimum absolute atomic E-state index is 0.360. The van der Waals surface area contributed by atoms with Crippen molar-refractivity contribution in [3.63, 3.8) is 0 Å². The Morgan fingerprint density at radius 1 is 1.00 bits per heavy atom. The van der Waals surface area contributed by atoms with Crippen molar-refractivity contribution in [1.29, 1.82) is 0 Å². The number of aliphatic hydroxyl groups is 1. The summed E-state index contributed by atoms with van der Waals surface area (Å²) in [7, 11) is 0. The second kappa shape index (κ2) is 6.92. The summed E-state index contributed by atoms with van der Waals surface area (Å²) in [5.41, 5.74) is 1.44. The van der Waals surface area contributed by atoms with Crippen LogP contribution >= 0.6 is 0 Å². The highest BCUT2D eigenvalue weighted by Crippen LogP contribution is 2.40. The lowest BCUT2D eigenvalue weighted by atomic mass is 9.96. The molecule has 1 heterocycles. The zero-order valence-corrected chi connectivity index (χ0v) is 14.0. The summed E-state index contributed by atoms with van der Waals surface area (Å²) in [6, 6.07) is 12.1. The lowest BCUT2D eigenvalue weighted by Gasteiger charge is -2.28. The van der Waals surface area contributed by atoms with Crippen LogP contribution in [0.5, 0.6) is 0 Å². The average Bonchev–Trinajstić information content (AvgIpc) is 3.26. The molecule has 3 aliphatic rings. The van der Waals surface area contributed by atoms with E-state index in [2.05, 4.69) is 40.5 Å².